The maximum atomic E-state index is 13.0. The predicted molar refractivity (Wildman–Crippen MR) is 358 cm³/mol. The largest absolute Gasteiger partial charge is 0.462 e. The van der Waals surface area contributed by atoms with Gasteiger partial charge in [0.25, 0.3) is 0 Å². The highest BCUT2D eigenvalue weighted by molar-refractivity contribution is 5.71. The summed E-state index contributed by atoms with van der Waals surface area (Å²) in [6.45, 7) is 6.55. The summed E-state index contributed by atoms with van der Waals surface area (Å²) in [7, 11) is 0. The molecule has 0 heterocycles. The highest BCUT2D eigenvalue weighted by atomic mass is 16.6. The van der Waals surface area contributed by atoms with Gasteiger partial charge in [-0.3, -0.25) is 14.4 Å². The number of carbonyl (C=O) groups excluding carboxylic acids is 3. The van der Waals surface area contributed by atoms with Crippen LogP contribution in [0.5, 0.6) is 0 Å². The van der Waals surface area contributed by atoms with Gasteiger partial charge in [0.2, 0.25) is 0 Å². The Hall–Kier alpha value is -3.15. The molecule has 82 heavy (non-hydrogen) atoms. The third-order valence-corrected chi connectivity index (χ3v) is 15.9. The van der Waals surface area contributed by atoms with Crippen LogP contribution in [0.25, 0.3) is 0 Å². The number of rotatable bonds is 66. The summed E-state index contributed by atoms with van der Waals surface area (Å²) < 4.78 is 17.0. The third kappa shape index (κ3) is 67.6. The molecule has 0 aromatic carbocycles. The first-order valence-corrected chi connectivity index (χ1v) is 35.9. The molecule has 0 aliphatic rings. The summed E-state index contributed by atoms with van der Waals surface area (Å²) in [6, 6.07) is 0. The van der Waals surface area contributed by atoms with Gasteiger partial charge >= 0.3 is 17.9 Å². The first-order chi connectivity index (χ1) is 40.5. The lowest BCUT2D eigenvalue weighted by molar-refractivity contribution is -0.167. The number of allylic oxidation sites excluding steroid dienone is 12. The minimum Gasteiger partial charge on any atom is -0.462 e. The normalized spacial score (nSPS) is 12.5. The molecule has 1 atom stereocenters. The van der Waals surface area contributed by atoms with E-state index in [-0.39, 0.29) is 31.1 Å². The molecule has 0 saturated carbocycles. The number of ether oxygens (including phenoxy) is 3. The lowest BCUT2D eigenvalue weighted by Gasteiger charge is -2.18. The molecule has 0 radical (unpaired) electrons. The van der Waals surface area contributed by atoms with E-state index in [4.69, 9.17) is 14.2 Å². The molecule has 0 aliphatic heterocycles. The third-order valence-electron chi connectivity index (χ3n) is 15.9. The molecule has 0 fully saturated rings. The Labute approximate surface area is 510 Å². The number of carbonyl (C=O) groups is 3. The van der Waals surface area contributed by atoms with Crippen LogP contribution in [0.1, 0.15) is 374 Å². The fourth-order valence-electron chi connectivity index (χ4n) is 10.5. The molecule has 6 heteroatoms. The van der Waals surface area contributed by atoms with Crippen molar-refractivity contribution < 1.29 is 28.6 Å². The minimum absolute atomic E-state index is 0.0751. The standard InChI is InChI=1S/C76H136O6/c1-4-7-10-13-16-19-22-25-27-29-31-33-35-37-38-40-41-43-45-47-49-51-54-57-60-63-66-69-75(78)81-72-73(71-80-74(77)68-65-62-59-56-53-24-21-18-15-12-9-6-3)82-76(79)70-67-64-61-58-55-52-50-48-46-44-42-39-36-34-32-30-28-26-23-20-17-14-11-8-5-2/h8,11,17-18,20-21,26,28-29,31-32,34,73H,4-7,9-10,12-16,19,22-25,27,30,33,35-72H2,1-3H3/b11-8-,20-17-,21-18-,28-26-,31-29-,34-32-. The maximum absolute atomic E-state index is 13.0. The molecule has 0 aromatic rings. The van der Waals surface area contributed by atoms with E-state index in [1.54, 1.807) is 0 Å². The molecule has 0 spiro atoms. The van der Waals surface area contributed by atoms with Crippen molar-refractivity contribution in [2.45, 2.75) is 380 Å². The van der Waals surface area contributed by atoms with Crippen molar-refractivity contribution in [3.63, 3.8) is 0 Å². The average molecular weight is 1150 g/mol. The van der Waals surface area contributed by atoms with Gasteiger partial charge in [0.1, 0.15) is 13.2 Å². The summed E-state index contributed by atoms with van der Waals surface area (Å²) >= 11 is 0. The van der Waals surface area contributed by atoms with Crippen LogP contribution in [0.4, 0.5) is 0 Å². The monoisotopic (exact) mass is 1150 g/mol. The van der Waals surface area contributed by atoms with E-state index in [2.05, 4.69) is 93.7 Å². The molecule has 0 amide bonds. The van der Waals surface area contributed by atoms with Gasteiger partial charge in [-0.25, -0.2) is 0 Å². The van der Waals surface area contributed by atoms with Crippen LogP contribution < -0.4 is 0 Å². The zero-order valence-corrected chi connectivity index (χ0v) is 54.8. The van der Waals surface area contributed by atoms with Crippen LogP contribution in [-0.4, -0.2) is 37.2 Å². The van der Waals surface area contributed by atoms with Crippen molar-refractivity contribution >= 4 is 17.9 Å². The predicted octanol–water partition coefficient (Wildman–Crippen LogP) is 24.8. The van der Waals surface area contributed by atoms with Gasteiger partial charge < -0.3 is 14.2 Å². The maximum Gasteiger partial charge on any atom is 0.306 e. The number of esters is 3. The van der Waals surface area contributed by atoms with Crippen molar-refractivity contribution in [3.05, 3.63) is 72.9 Å². The van der Waals surface area contributed by atoms with E-state index >= 15 is 0 Å². The number of hydrogen-bond donors (Lipinski definition) is 0. The van der Waals surface area contributed by atoms with Crippen molar-refractivity contribution in [1.29, 1.82) is 0 Å². The second-order valence-electron chi connectivity index (χ2n) is 24.1. The van der Waals surface area contributed by atoms with Crippen molar-refractivity contribution in [2.75, 3.05) is 13.2 Å². The second kappa shape index (κ2) is 70.3. The van der Waals surface area contributed by atoms with Crippen LogP contribution in [0, 0.1) is 0 Å². The lowest BCUT2D eigenvalue weighted by atomic mass is 10.0. The Morgan fingerprint density at radius 2 is 0.476 bits per heavy atom. The fourth-order valence-corrected chi connectivity index (χ4v) is 10.5. The lowest BCUT2D eigenvalue weighted by Crippen LogP contribution is -2.30. The van der Waals surface area contributed by atoms with E-state index in [1.807, 2.05) is 0 Å². The van der Waals surface area contributed by atoms with Gasteiger partial charge in [0.15, 0.2) is 6.10 Å². The SMILES string of the molecule is CC/C=C\C/C=C\C/C=C\C/C=C\CCCCCCCCCCCCCCC(=O)OC(COC(=O)CCCCCCC/C=C\CCCCC)COC(=O)CCCCCCCCCCCCCCCCC/C=C\CCCCCCCCCC. The molecule has 0 N–H and O–H groups in total. The molecule has 0 aromatic heterocycles. The Morgan fingerprint density at radius 3 is 0.780 bits per heavy atom. The Balaban J connectivity index is 4.22. The molecule has 1 unspecified atom stereocenters. The van der Waals surface area contributed by atoms with Gasteiger partial charge in [0, 0.05) is 19.3 Å². The molecule has 476 valence electrons. The zero-order chi connectivity index (χ0) is 59.2. The van der Waals surface area contributed by atoms with Crippen molar-refractivity contribution in [3.8, 4) is 0 Å². The van der Waals surface area contributed by atoms with Gasteiger partial charge in [-0.1, -0.05) is 318 Å². The number of unbranched alkanes of at least 4 members (excludes halogenated alkanes) is 43. The van der Waals surface area contributed by atoms with E-state index < -0.39 is 6.10 Å². The molecule has 0 saturated heterocycles. The van der Waals surface area contributed by atoms with E-state index in [0.29, 0.717) is 19.3 Å². The molecule has 0 bridgehead atoms. The van der Waals surface area contributed by atoms with Crippen LogP contribution in [0.3, 0.4) is 0 Å². The molecule has 6 nitrogen and oxygen atoms in total. The first-order valence-electron chi connectivity index (χ1n) is 35.9. The van der Waals surface area contributed by atoms with Crippen LogP contribution in [0.2, 0.25) is 0 Å². The van der Waals surface area contributed by atoms with Gasteiger partial charge in [-0.2, -0.15) is 0 Å². The molecule has 0 rings (SSSR count). The average Bonchev–Trinajstić information content (AvgIpc) is 3.47. The summed E-state index contributed by atoms with van der Waals surface area (Å²) in [5, 5.41) is 0. The highest BCUT2D eigenvalue weighted by Crippen LogP contribution is 2.18. The summed E-state index contributed by atoms with van der Waals surface area (Å²) in [5.74, 6) is -0.866. The fraction of sp³-hybridized carbons (Fsp3) is 0.803. The smallest absolute Gasteiger partial charge is 0.306 e. The quantitative estimate of drug-likeness (QED) is 0.0261. The van der Waals surface area contributed by atoms with Crippen LogP contribution >= 0.6 is 0 Å². The minimum atomic E-state index is -0.780. The Bertz CT molecular complexity index is 1500. The van der Waals surface area contributed by atoms with E-state index in [1.165, 1.54) is 244 Å². The summed E-state index contributed by atoms with van der Waals surface area (Å²) in [4.78, 5) is 38.4. The highest BCUT2D eigenvalue weighted by Gasteiger charge is 2.19. The topological polar surface area (TPSA) is 78.9 Å². The molecular formula is C76H136O6. The van der Waals surface area contributed by atoms with Crippen molar-refractivity contribution in [1.82, 2.24) is 0 Å². The van der Waals surface area contributed by atoms with Crippen LogP contribution in [-0.2, 0) is 28.6 Å². The van der Waals surface area contributed by atoms with Gasteiger partial charge in [0.05, 0.1) is 0 Å². The van der Waals surface area contributed by atoms with Gasteiger partial charge in [-0.15, -0.1) is 0 Å². The van der Waals surface area contributed by atoms with E-state index in [9.17, 15) is 14.4 Å². The first kappa shape index (κ1) is 78.8. The summed E-state index contributed by atoms with van der Waals surface area (Å²) in [6.07, 6.45) is 92.3. The summed E-state index contributed by atoms with van der Waals surface area (Å²) in [5.41, 5.74) is 0. The van der Waals surface area contributed by atoms with Gasteiger partial charge in [-0.05, 0) is 109 Å². The molecular weight excluding hydrogens is 1010 g/mol. The molecule has 0 aliphatic carbocycles. The van der Waals surface area contributed by atoms with Crippen LogP contribution in [0.15, 0.2) is 72.9 Å². The van der Waals surface area contributed by atoms with E-state index in [0.717, 1.165) is 89.9 Å². The number of hydrogen-bond acceptors (Lipinski definition) is 6. The Kier molecular flexibility index (Phi) is 67.6. The second-order valence-corrected chi connectivity index (χ2v) is 24.1. The van der Waals surface area contributed by atoms with Crippen molar-refractivity contribution in [2.24, 2.45) is 0 Å². The Morgan fingerprint density at radius 1 is 0.256 bits per heavy atom. The zero-order valence-electron chi connectivity index (χ0n) is 54.8.